The van der Waals surface area contributed by atoms with E-state index in [0.717, 1.165) is 33.5 Å². The molecular weight excluding hydrogens is 398 g/mol. The van der Waals surface area contributed by atoms with Gasteiger partial charge in [-0.3, -0.25) is 14.9 Å². The van der Waals surface area contributed by atoms with E-state index in [9.17, 15) is 14.9 Å². The van der Waals surface area contributed by atoms with Crippen LogP contribution >= 0.6 is 11.3 Å². The van der Waals surface area contributed by atoms with E-state index in [2.05, 4.69) is 12.1 Å². The van der Waals surface area contributed by atoms with Gasteiger partial charge in [0, 0.05) is 28.8 Å². The van der Waals surface area contributed by atoms with Crippen molar-refractivity contribution in [1.82, 2.24) is 4.98 Å². The lowest BCUT2D eigenvalue weighted by atomic mass is 9.97. The minimum Gasteiger partial charge on any atom is -0.397 e. The van der Waals surface area contributed by atoms with Crippen LogP contribution in [0.1, 0.15) is 37.6 Å². The lowest BCUT2D eigenvalue weighted by Crippen LogP contribution is -2.03. The number of benzene rings is 2. The molecule has 0 aliphatic rings. The predicted molar refractivity (Wildman–Crippen MR) is 119 cm³/mol. The van der Waals surface area contributed by atoms with Crippen LogP contribution in [0.25, 0.3) is 10.2 Å². The number of hydrogen-bond donors (Lipinski definition) is 1. The van der Waals surface area contributed by atoms with Crippen molar-refractivity contribution < 1.29 is 9.72 Å². The Labute approximate surface area is 177 Å². The summed E-state index contributed by atoms with van der Waals surface area (Å²) in [5, 5.41) is 11.7. The van der Waals surface area contributed by atoms with Gasteiger partial charge in [0.1, 0.15) is 9.71 Å². The zero-order chi connectivity index (χ0) is 21.4. The largest absolute Gasteiger partial charge is 0.397 e. The average molecular weight is 417 g/mol. The molecule has 0 spiro atoms. The molecule has 0 amide bonds. The van der Waals surface area contributed by atoms with Crippen LogP contribution in [0, 0.1) is 24.0 Å². The fraction of sp³-hybridized carbons (Fsp3) is 0.130. The highest BCUT2D eigenvalue weighted by atomic mass is 32.1. The number of non-ortho nitro benzene ring substituents is 1. The lowest BCUT2D eigenvalue weighted by molar-refractivity contribution is -0.384. The van der Waals surface area contributed by atoms with Gasteiger partial charge in [-0.1, -0.05) is 30.3 Å². The smallest absolute Gasteiger partial charge is 0.269 e. The Kier molecular flexibility index (Phi) is 5.05. The first-order valence-electron chi connectivity index (χ1n) is 9.38. The maximum atomic E-state index is 13.0. The zero-order valence-corrected chi connectivity index (χ0v) is 17.3. The maximum Gasteiger partial charge on any atom is 0.269 e. The Balaban J connectivity index is 1.77. The molecule has 2 aromatic carbocycles. The Morgan fingerprint density at radius 3 is 2.40 bits per heavy atom. The summed E-state index contributed by atoms with van der Waals surface area (Å²) in [6.45, 7) is 3.98. The number of nitrogens with two attached hydrogens (primary N) is 1. The van der Waals surface area contributed by atoms with Gasteiger partial charge in [-0.05, 0) is 49.1 Å². The standard InChI is InChI=1S/C23H19N3O3S/c1-13-18(12-15-6-4-3-5-7-15)14(2)25-23-19(13)20(24)22(30-23)21(27)16-8-10-17(11-9-16)26(28)29/h3-11H,12,24H2,1-2H3. The number of pyridine rings is 1. The number of hydrogen-bond acceptors (Lipinski definition) is 6. The van der Waals surface area contributed by atoms with E-state index in [1.807, 2.05) is 32.0 Å². The van der Waals surface area contributed by atoms with Gasteiger partial charge in [0.15, 0.2) is 0 Å². The topological polar surface area (TPSA) is 99.1 Å². The Morgan fingerprint density at radius 2 is 1.77 bits per heavy atom. The van der Waals surface area contributed by atoms with E-state index in [4.69, 9.17) is 10.7 Å². The van der Waals surface area contributed by atoms with E-state index in [1.165, 1.54) is 41.2 Å². The second-order valence-corrected chi connectivity index (χ2v) is 8.12. The number of ketones is 1. The molecule has 150 valence electrons. The molecule has 4 rings (SSSR count). The van der Waals surface area contributed by atoms with Crippen molar-refractivity contribution in [2.24, 2.45) is 0 Å². The number of thiophene rings is 1. The number of nitrogen functional groups attached to an aromatic ring is 1. The van der Waals surface area contributed by atoms with Crippen molar-refractivity contribution in [1.29, 1.82) is 0 Å². The molecular formula is C23H19N3O3S. The monoisotopic (exact) mass is 417 g/mol. The first kappa shape index (κ1) is 19.7. The number of aryl methyl sites for hydroxylation is 2. The van der Waals surface area contributed by atoms with Crippen LogP contribution in [-0.4, -0.2) is 15.7 Å². The van der Waals surface area contributed by atoms with Crippen molar-refractivity contribution in [3.05, 3.63) is 97.5 Å². The molecule has 0 aliphatic heterocycles. The minimum absolute atomic E-state index is 0.0606. The van der Waals surface area contributed by atoms with Gasteiger partial charge in [-0.15, -0.1) is 11.3 Å². The van der Waals surface area contributed by atoms with Gasteiger partial charge in [-0.25, -0.2) is 4.98 Å². The molecule has 6 nitrogen and oxygen atoms in total. The summed E-state index contributed by atoms with van der Waals surface area (Å²) in [5.41, 5.74) is 11.4. The number of nitro benzene ring substituents is 1. The van der Waals surface area contributed by atoms with Crippen LogP contribution in [0.3, 0.4) is 0 Å². The SMILES string of the molecule is Cc1nc2sc(C(=O)c3ccc([N+](=O)[O-])cc3)c(N)c2c(C)c1Cc1ccccc1. The third-order valence-corrected chi connectivity index (χ3v) is 6.33. The van der Waals surface area contributed by atoms with Crippen molar-refractivity contribution in [2.75, 3.05) is 5.73 Å². The number of aromatic nitrogens is 1. The highest BCUT2D eigenvalue weighted by molar-refractivity contribution is 7.21. The first-order valence-corrected chi connectivity index (χ1v) is 10.2. The third-order valence-electron chi connectivity index (χ3n) is 5.23. The van der Waals surface area contributed by atoms with Crippen molar-refractivity contribution in [3.8, 4) is 0 Å². The van der Waals surface area contributed by atoms with E-state index >= 15 is 0 Å². The Bertz CT molecular complexity index is 1280. The Morgan fingerprint density at radius 1 is 1.10 bits per heavy atom. The lowest BCUT2D eigenvalue weighted by Gasteiger charge is -2.11. The summed E-state index contributed by atoms with van der Waals surface area (Å²) >= 11 is 1.26. The van der Waals surface area contributed by atoms with Gasteiger partial charge in [0.25, 0.3) is 5.69 Å². The van der Waals surface area contributed by atoms with Crippen LogP contribution in [0.5, 0.6) is 0 Å². The first-order chi connectivity index (χ1) is 14.4. The Hall–Kier alpha value is -3.58. The summed E-state index contributed by atoms with van der Waals surface area (Å²) in [6.07, 6.45) is 0.738. The van der Waals surface area contributed by atoms with E-state index < -0.39 is 4.92 Å². The van der Waals surface area contributed by atoms with Crippen LogP contribution in [-0.2, 0) is 6.42 Å². The van der Waals surface area contributed by atoms with Gasteiger partial charge in [-0.2, -0.15) is 0 Å². The molecule has 2 aromatic heterocycles. The summed E-state index contributed by atoms with van der Waals surface area (Å²) in [5.74, 6) is -0.257. The maximum absolute atomic E-state index is 13.0. The summed E-state index contributed by atoms with van der Waals surface area (Å²) in [4.78, 5) is 29.2. The fourth-order valence-corrected chi connectivity index (χ4v) is 4.77. The molecule has 4 aromatic rings. The molecule has 0 radical (unpaired) electrons. The van der Waals surface area contributed by atoms with E-state index in [0.29, 0.717) is 16.1 Å². The number of carbonyl (C=O) groups is 1. The summed E-state index contributed by atoms with van der Waals surface area (Å²) in [6, 6.07) is 15.7. The number of nitrogens with zero attached hydrogens (tertiary/aromatic N) is 2. The second-order valence-electron chi connectivity index (χ2n) is 7.12. The van der Waals surface area contributed by atoms with Crippen LogP contribution in [0.2, 0.25) is 0 Å². The van der Waals surface area contributed by atoms with Crippen molar-refractivity contribution in [3.63, 3.8) is 0 Å². The number of nitro groups is 1. The molecule has 0 bridgehead atoms. The molecule has 7 heteroatoms. The van der Waals surface area contributed by atoms with Gasteiger partial charge >= 0.3 is 0 Å². The molecule has 0 aliphatic carbocycles. The van der Waals surface area contributed by atoms with Crippen molar-refractivity contribution >= 4 is 38.7 Å². The van der Waals surface area contributed by atoms with Crippen molar-refractivity contribution in [2.45, 2.75) is 20.3 Å². The molecule has 0 saturated carbocycles. The second kappa shape index (κ2) is 7.68. The molecule has 0 fully saturated rings. The normalized spacial score (nSPS) is 11.0. The highest BCUT2D eigenvalue weighted by Gasteiger charge is 2.22. The number of rotatable bonds is 5. The van der Waals surface area contributed by atoms with Gasteiger partial charge in [0.2, 0.25) is 5.78 Å². The summed E-state index contributed by atoms with van der Waals surface area (Å²) in [7, 11) is 0. The molecule has 0 saturated heterocycles. The molecule has 2 heterocycles. The van der Waals surface area contributed by atoms with Crippen LogP contribution in [0.4, 0.5) is 11.4 Å². The fourth-order valence-electron chi connectivity index (χ4n) is 3.61. The highest BCUT2D eigenvalue weighted by Crippen LogP contribution is 2.38. The third kappa shape index (κ3) is 3.44. The van der Waals surface area contributed by atoms with Gasteiger partial charge in [0.05, 0.1) is 10.6 Å². The molecule has 30 heavy (non-hydrogen) atoms. The number of anilines is 1. The minimum atomic E-state index is -0.494. The van der Waals surface area contributed by atoms with E-state index in [1.54, 1.807) is 0 Å². The quantitative estimate of drug-likeness (QED) is 0.272. The molecule has 0 atom stereocenters. The molecule has 2 N–H and O–H groups in total. The zero-order valence-electron chi connectivity index (χ0n) is 16.5. The predicted octanol–water partition coefficient (Wildman–Crippen LogP) is 5.23. The summed E-state index contributed by atoms with van der Waals surface area (Å²) < 4.78 is 0. The van der Waals surface area contributed by atoms with Gasteiger partial charge < -0.3 is 5.73 Å². The van der Waals surface area contributed by atoms with Crippen LogP contribution < -0.4 is 5.73 Å². The van der Waals surface area contributed by atoms with Crippen LogP contribution in [0.15, 0.2) is 54.6 Å². The van der Waals surface area contributed by atoms with E-state index in [-0.39, 0.29) is 11.5 Å². The number of carbonyl (C=O) groups excluding carboxylic acids is 1. The number of fused-ring (bicyclic) bond motifs is 1. The average Bonchev–Trinajstić information content (AvgIpc) is 3.07. The molecule has 0 unspecified atom stereocenters.